The summed E-state index contributed by atoms with van der Waals surface area (Å²) < 4.78 is 1.75. The molecule has 0 atom stereocenters. The Kier molecular flexibility index (Phi) is 5.85. The number of pyridine rings is 1. The Morgan fingerprint density at radius 2 is 1.97 bits per heavy atom. The smallest absolute Gasteiger partial charge is 0.236 e. The molecule has 4 aromatic rings. The summed E-state index contributed by atoms with van der Waals surface area (Å²) in [6, 6.07) is 9.05. The van der Waals surface area contributed by atoms with Gasteiger partial charge >= 0.3 is 0 Å². The number of hydrogen-bond acceptors (Lipinski definition) is 5. The average Bonchev–Trinajstić information content (AvgIpc) is 3.44. The molecule has 1 saturated heterocycles. The molecule has 1 N–H and O–H groups in total. The van der Waals surface area contributed by atoms with E-state index in [-0.39, 0.29) is 5.91 Å². The van der Waals surface area contributed by atoms with E-state index in [2.05, 4.69) is 63.5 Å². The van der Waals surface area contributed by atoms with Crippen molar-refractivity contribution < 1.29 is 4.79 Å². The maximum Gasteiger partial charge on any atom is 0.236 e. The molecule has 3 aromatic heterocycles. The number of likely N-dealkylation sites (tertiary alicyclic amines) is 1. The van der Waals surface area contributed by atoms with E-state index >= 15 is 0 Å². The molecule has 5 rings (SSSR count). The van der Waals surface area contributed by atoms with Gasteiger partial charge in [-0.25, -0.2) is 0 Å². The summed E-state index contributed by atoms with van der Waals surface area (Å²) in [5.41, 5.74) is 7.95. The van der Waals surface area contributed by atoms with Crippen LogP contribution >= 0.6 is 0 Å². The third kappa shape index (κ3) is 4.07. The number of carbonyl (C=O) groups excluding carboxylic acids is 1. The molecule has 0 radical (unpaired) electrons. The number of likely N-dealkylation sites (N-methyl/N-ethyl adjacent to an activating group) is 1. The Morgan fingerprint density at radius 3 is 2.68 bits per heavy atom. The minimum Gasteiger partial charge on any atom is -0.354 e. The first-order valence-electron chi connectivity index (χ1n) is 12.1. The number of benzene rings is 1. The normalized spacial score (nSPS) is 15.6. The van der Waals surface area contributed by atoms with Crippen molar-refractivity contribution in [2.75, 3.05) is 33.7 Å². The standard InChI is InChI=1S/C26H33N7O/c1-16(2)24-21-13-19(18-8-10-32(11-9-18)15-23(34)31(4)5)6-7-22(21)27-25(24)20-12-17(3)26-28-29-30-33(26)14-20/h6-7,12-14,16,18,27H,8-11,15H2,1-5H3. The zero-order valence-corrected chi connectivity index (χ0v) is 20.7. The summed E-state index contributed by atoms with van der Waals surface area (Å²) in [5.74, 6) is 1.06. The molecule has 1 aromatic carbocycles. The number of nitrogens with one attached hydrogen (secondary N) is 1. The molecule has 1 amide bonds. The molecule has 0 unspecified atom stereocenters. The van der Waals surface area contributed by atoms with E-state index < -0.39 is 0 Å². The van der Waals surface area contributed by atoms with Gasteiger partial charge in [-0.15, -0.1) is 5.10 Å². The van der Waals surface area contributed by atoms with Crippen molar-refractivity contribution in [3.63, 3.8) is 0 Å². The highest BCUT2D eigenvalue weighted by Gasteiger charge is 2.24. The Balaban J connectivity index is 1.45. The SMILES string of the molecule is Cc1cc(-c2[nH]c3ccc(C4CCN(CC(=O)N(C)C)CC4)cc3c2C(C)C)cn2nnnc12. The lowest BCUT2D eigenvalue weighted by atomic mass is 9.87. The number of tetrazole rings is 1. The number of nitrogens with zero attached hydrogens (tertiary/aromatic N) is 6. The second kappa shape index (κ2) is 8.83. The molecule has 8 nitrogen and oxygen atoms in total. The van der Waals surface area contributed by atoms with Gasteiger partial charge in [0.15, 0.2) is 5.65 Å². The fraction of sp³-hybridized carbons (Fsp3) is 0.462. The molecule has 0 aliphatic carbocycles. The van der Waals surface area contributed by atoms with Crippen LogP contribution in [0.5, 0.6) is 0 Å². The molecular formula is C26H33N7O. The van der Waals surface area contributed by atoms with Crippen molar-refractivity contribution in [3.05, 3.63) is 47.2 Å². The third-order valence-electron chi connectivity index (χ3n) is 7.12. The van der Waals surface area contributed by atoms with Gasteiger partial charge in [-0.1, -0.05) is 19.9 Å². The monoisotopic (exact) mass is 459 g/mol. The van der Waals surface area contributed by atoms with E-state index in [4.69, 9.17) is 0 Å². The van der Waals surface area contributed by atoms with E-state index in [1.807, 2.05) is 27.2 Å². The van der Waals surface area contributed by atoms with Crippen LogP contribution < -0.4 is 0 Å². The maximum absolute atomic E-state index is 12.1. The Hall–Kier alpha value is -3.26. The second-order valence-corrected chi connectivity index (χ2v) is 10.1. The fourth-order valence-electron chi connectivity index (χ4n) is 5.21. The molecule has 0 spiro atoms. The largest absolute Gasteiger partial charge is 0.354 e. The lowest BCUT2D eigenvalue weighted by molar-refractivity contribution is -0.130. The first kappa shape index (κ1) is 22.5. The highest BCUT2D eigenvalue weighted by Crippen LogP contribution is 2.38. The topological polar surface area (TPSA) is 82.4 Å². The molecule has 4 heterocycles. The van der Waals surface area contributed by atoms with Crippen LogP contribution in [0.25, 0.3) is 27.8 Å². The summed E-state index contributed by atoms with van der Waals surface area (Å²) in [4.78, 5) is 19.7. The minimum atomic E-state index is 0.177. The zero-order valence-electron chi connectivity index (χ0n) is 20.7. The van der Waals surface area contributed by atoms with Crippen LogP contribution in [0.1, 0.15) is 55.2 Å². The lowest BCUT2D eigenvalue weighted by Crippen LogP contribution is -2.40. The van der Waals surface area contributed by atoms with Gasteiger partial charge in [-0.05, 0) is 90.0 Å². The molecule has 8 heteroatoms. The number of fused-ring (bicyclic) bond motifs is 2. The summed E-state index contributed by atoms with van der Waals surface area (Å²) >= 11 is 0. The number of amides is 1. The second-order valence-electron chi connectivity index (χ2n) is 10.1. The van der Waals surface area contributed by atoms with Crippen molar-refractivity contribution in [1.29, 1.82) is 0 Å². The van der Waals surface area contributed by atoms with Crippen LogP contribution in [-0.2, 0) is 4.79 Å². The molecular weight excluding hydrogens is 426 g/mol. The minimum absolute atomic E-state index is 0.177. The van der Waals surface area contributed by atoms with Crippen molar-refractivity contribution in [3.8, 4) is 11.3 Å². The number of piperidine rings is 1. The van der Waals surface area contributed by atoms with Crippen LogP contribution in [0.2, 0.25) is 0 Å². The number of carbonyl (C=O) groups is 1. The van der Waals surface area contributed by atoms with Crippen LogP contribution in [0.3, 0.4) is 0 Å². The predicted molar refractivity (Wildman–Crippen MR) is 134 cm³/mol. The molecule has 178 valence electrons. The summed E-state index contributed by atoms with van der Waals surface area (Å²) in [7, 11) is 3.65. The van der Waals surface area contributed by atoms with Crippen molar-refractivity contribution >= 4 is 22.5 Å². The van der Waals surface area contributed by atoms with E-state index in [0.717, 1.165) is 53.9 Å². The van der Waals surface area contributed by atoms with Crippen LogP contribution in [0.4, 0.5) is 0 Å². The van der Waals surface area contributed by atoms with E-state index in [9.17, 15) is 4.79 Å². The van der Waals surface area contributed by atoms with Crippen molar-refractivity contribution in [2.45, 2.75) is 45.4 Å². The summed E-state index contributed by atoms with van der Waals surface area (Å²) in [6.07, 6.45) is 4.16. The lowest BCUT2D eigenvalue weighted by Gasteiger charge is -2.32. The number of rotatable bonds is 5. The maximum atomic E-state index is 12.1. The summed E-state index contributed by atoms with van der Waals surface area (Å²) in [6.45, 7) is 8.99. The van der Waals surface area contributed by atoms with Gasteiger partial charge in [0.25, 0.3) is 0 Å². The number of hydrogen-bond donors (Lipinski definition) is 1. The molecule has 34 heavy (non-hydrogen) atoms. The Bertz CT molecular complexity index is 1340. The average molecular weight is 460 g/mol. The van der Waals surface area contributed by atoms with Gasteiger partial charge in [0.1, 0.15) is 0 Å². The van der Waals surface area contributed by atoms with Gasteiger partial charge in [0.2, 0.25) is 5.91 Å². The van der Waals surface area contributed by atoms with Crippen molar-refractivity contribution in [1.82, 2.24) is 34.8 Å². The van der Waals surface area contributed by atoms with Gasteiger partial charge < -0.3 is 9.88 Å². The summed E-state index contributed by atoms with van der Waals surface area (Å²) in [5, 5.41) is 13.3. The van der Waals surface area contributed by atoms with Crippen LogP contribution in [0.15, 0.2) is 30.5 Å². The highest BCUT2D eigenvalue weighted by molar-refractivity contribution is 5.92. The van der Waals surface area contributed by atoms with Crippen LogP contribution in [-0.4, -0.2) is 74.5 Å². The molecule has 1 fully saturated rings. The van der Waals surface area contributed by atoms with Crippen LogP contribution in [0, 0.1) is 6.92 Å². The first-order valence-corrected chi connectivity index (χ1v) is 12.1. The van der Waals surface area contributed by atoms with Gasteiger partial charge in [-0.2, -0.15) is 4.52 Å². The zero-order chi connectivity index (χ0) is 24.0. The fourth-order valence-corrected chi connectivity index (χ4v) is 5.21. The van der Waals surface area contributed by atoms with Gasteiger partial charge in [0.05, 0.1) is 12.2 Å². The van der Waals surface area contributed by atoms with E-state index in [1.165, 1.54) is 16.5 Å². The predicted octanol–water partition coefficient (Wildman–Crippen LogP) is 3.97. The molecule has 1 aliphatic heterocycles. The number of aromatic nitrogens is 5. The Morgan fingerprint density at radius 1 is 1.21 bits per heavy atom. The Labute approximate surface area is 199 Å². The molecule has 0 bridgehead atoms. The molecule has 0 saturated carbocycles. The highest BCUT2D eigenvalue weighted by atomic mass is 16.2. The first-order chi connectivity index (χ1) is 16.3. The quantitative estimate of drug-likeness (QED) is 0.488. The van der Waals surface area contributed by atoms with Gasteiger partial charge in [-0.3, -0.25) is 9.69 Å². The van der Waals surface area contributed by atoms with Crippen molar-refractivity contribution in [2.24, 2.45) is 0 Å². The number of H-pyrrole nitrogens is 1. The number of aromatic amines is 1. The van der Waals surface area contributed by atoms with E-state index in [1.54, 1.807) is 9.42 Å². The third-order valence-corrected chi connectivity index (χ3v) is 7.12. The van der Waals surface area contributed by atoms with E-state index in [0.29, 0.717) is 18.4 Å². The van der Waals surface area contributed by atoms with Gasteiger partial charge in [0, 0.05) is 36.8 Å². The number of aryl methyl sites for hydroxylation is 1. The molecule has 1 aliphatic rings.